The monoisotopic (exact) mass is 204 g/mol. The van der Waals surface area contributed by atoms with Crippen LogP contribution in [0.4, 0.5) is 0 Å². The summed E-state index contributed by atoms with van der Waals surface area (Å²) in [6.07, 6.45) is 1.40. The van der Waals surface area contributed by atoms with Gasteiger partial charge in [0.15, 0.2) is 0 Å². The Morgan fingerprint density at radius 1 is 1.27 bits per heavy atom. The maximum absolute atomic E-state index is 5.95. The van der Waals surface area contributed by atoms with Crippen LogP contribution in [0.25, 0.3) is 0 Å². The van der Waals surface area contributed by atoms with Crippen molar-refractivity contribution in [1.82, 2.24) is 0 Å². The zero-order valence-corrected chi connectivity index (χ0v) is 10.3. The lowest BCUT2D eigenvalue weighted by Crippen LogP contribution is -2.13. The van der Waals surface area contributed by atoms with Crippen LogP contribution in [0.5, 0.6) is 5.75 Å². The molecule has 1 aliphatic rings. The van der Waals surface area contributed by atoms with Crippen molar-refractivity contribution in [3.63, 3.8) is 0 Å². The van der Waals surface area contributed by atoms with E-state index in [0.717, 1.165) is 12.2 Å². The molecule has 15 heavy (non-hydrogen) atoms. The normalized spacial score (nSPS) is 19.9. The highest BCUT2D eigenvalue weighted by Gasteiger charge is 2.28. The van der Waals surface area contributed by atoms with E-state index in [1.165, 1.54) is 16.7 Å². The number of hydrogen-bond acceptors (Lipinski definition) is 1. The summed E-state index contributed by atoms with van der Waals surface area (Å²) in [5, 5.41) is 0. The molecule has 0 amide bonds. The second-order valence-corrected chi connectivity index (χ2v) is 5.62. The maximum atomic E-state index is 5.95. The van der Waals surface area contributed by atoms with Crippen molar-refractivity contribution in [2.75, 3.05) is 0 Å². The summed E-state index contributed by atoms with van der Waals surface area (Å²) in [6, 6.07) is 4.44. The molecule has 1 aliphatic heterocycles. The van der Waals surface area contributed by atoms with Crippen LogP contribution in [0.3, 0.4) is 0 Å². The Morgan fingerprint density at radius 3 is 2.53 bits per heavy atom. The van der Waals surface area contributed by atoms with Gasteiger partial charge in [0.2, 0.25) is 0 Å². The first-order valence-electron chi connectivity index (χ1n) is 5.69. The number of aryl methyl sites for hydroxylation is 1. The molecule has 0 aromatic heterocycles. The zero-order valence-electron chi connectivity index (χ0n) is 10.3. The molecule has 0 saturated carbocycles. The van der Waals surface area contributed by atoms with Crippen LogP contribution in [0.15, 0.2) is 12.1 Å². The fraction of sp³-hybridized carbons (Fsp3) is 0.571. The van der Waals surface area contributed by atoms with Gasteiger partial charge in [-0.2, -0.15) is 0 Å². The molecular weight excluding hydrogens is 184 g/mol. The van der Waals surface area contributed by atoms with Crippen molar-refractivity contribution in [3.05, 3.63) is 28.8 Å². The van der Waals surface area contributed by atoms with Gasteiger partial charge in [-0.25, -0.2) is 0 Å². The number of benzene rings is 1. The quantitative estimate of drug-likeness (QED) is 0.627. The lowest BCUT2D eigenvalue weighted by Gasteiger charge is -2.22. The fourth-order valence-corrected chi connectivity index (χ4v) is 2.24. The van der Waals surface area contributed by atoms with Gasteiger partial charge in [0.05, 0.1) is 0 Å². The van der Waals surface area contributed by atoms with E-state index in [0.29, 0.717) is 6.10 Å². The average molecular weight is 204 g/mol. The van der Waals surface area contributed by atoms with Crippen molar-refractivity contribution in [3.8, 4) is 5.75 Å². The highest BCUT2D eigenvalue weighted by atomic mass is 16.5. The first kappa shape index (κ1) is 10.5. The first-order valence-corrected chi connectivity index (χ1v) is 5.69. The lowest BCUT2D eigenvalue weighted by atomic mass is 9.84. The molecule has 82 valence electrons. The van der Waals surface area contributed by atoms with Crippen molar-refractivity contribution in [1.29, 1.82) is 0 Å². The third-order valence-electron chi connectivity index (χ3n) is 3.11. The Bertz CT molecular complexity index is 385. The molecule has 1 aromatic rings. The SMILES string of the molecule is Cc1ccc(C(C)(C)C)c2c1CC(C)O2. The van der Waals surface area contributed by atoms with Crippen LogP contribution in [0.2, 0.25) is 0 Å². The van der Waals surface area contributed by atoms with Crippen LogP contribution in [0, 0.1) is 6.92 Å². The number of ether oxygens (including phenoxy) is 1. The number of hydrogen-bond donors (Lipinski definition) is 0. The van der Waals surface area contributed by atoms with E-state index in [2.05, 4.69) is 46.8 Å². The standard InChI is InChI=1S/C14H20O/c1-9-6-7-12(14(3,4)5)13-11(9)8-10(2)15-13/h6-7,10H,8H2,1-5H3. The highest BCUT2D eigenvalue weighted by Crippen LogP contribution is 2.40. The largest absolute Gasteiger partial charge is 0.490 e. The number of rotatable bonds is 0. The van der Waals surface area contributed by atoms with Crippen LogP contribution in [-0.2, 0) is 11.8 Å². The van der Waals surface area contributed by atoms with Gasteiger partial charge in [-0.15, -0.1) is 0 Å². The van der Waals surface area contributed by atoms with Crippen molar-refractivity contribution in [2.45, 2.75) is 52.6 Å². The minimum atomic E-state index is 0.168. The van der Waals surface area contributed by atoms with Crippen LogP contribution >= 0.6 is 0 Å². The third-order valence-corrected chi connectivity index (χ3v) is 3.11. The summed E-state index contributed by atoms with van der Waals surface area (Å²) in [7, 11) is 0. The van der Waals surface area contributed by atoms with Gasteiger partial charge < -0.3 is 4.74 Å². The summed E-state index contributed by atoms with van der Waals surface area (Å²) >= 11 is 0. The molecule has 0 N–H and O–H groups in total. The Labute approximate surface area is 92.5 Å². The Kier molecular flexibility index (Phi) is 2.29. The van der Waals surface area contributed by atoms with Crippen molar-refractivity contribution >= 4 is 0 Å². The van der Waals surface area contributed by atoms with E-state index in [1.54, 1.807) is 0 Å². The van der Waals surface area contributed by atoms with Crippen molar-refractivity contribution in [2.24, 2.45) is 0 Å². The summed E-state index contributed by atoms with van der Waals surface area (Å²) in [6.45, 7) is 11.0. The predicted molar refractivity (Wildman–Crippen MR) is 63.7 cm³/mol. The highest BCUT2D eigenvalue weighted by molar-refractivity contribution is 5.51. The molecule has 2 rings (SSSR count). The second-order valence-electron chi connectivity index (χ2n) is 5.62. The molecule has 0 bridgehead atoms. The Morgan fingerprint density at radius 2 is 1.93 bits per heavy atom. The molecule has 1 heterocycles. The smallest absolute Gasteiger partial charge is 0.127 e. The molecule has 1 heteroatoms. The van der Waals surface area contributed by atoms with E-state index in [9.17, 15) is 0 Å². The minimum absolute atomic E-state index is 0.168. The summed E-state index contributed by atoms with van der Waals surface area (Å²) in [4.78, 5) is 0. The van der Waals surface area contributed by atoms with Crippen molar-refractivity contribution < 1.29 is 4.74 Å². The molecular formula is C14H20O. The van der Waals surface area contributed by atoms with Gasteiger partial charge in [-0.1, -0.05) is 32.9 Å². The lowest BCUT2D eigenvalue weighted by molar-refractivity contribution is 0.249. The second kappa shape index (κ2) is 3.26. The molecule has 0 radical (unpaired) electrons. The van der Waals surface area contributed by atoms with Crippen LogP contribution in [0.1, 0.15) is 44.4 Å². The fourth-order valence-electron chi connectivity index (χ4n) is 2.24. The van der Waals surface area contributed by atoms with E-state index < -0.39 is 0 Å². The Balaban J connectivity index is 2.58. The molecule has 1 nitrogen and oxygen atoms in total. The third kappa shape index (κ3) is 1.75. The van der Waals surface area contributed by atoms with Gasteiger partial charge in [0.25, 0.3) is 0 Å². The Hall–Kier alpha value is -0.980. The number of fused-ring (bicyclic) bond motifs is 1. The molecule has 0 saturated heterocycles. The molecule has 0 fully saturated rings. The van der Waals surface area contributed by atoms with E-state index >= 15 is 0 Å². The average Bonchev–Trinajstić information content (AvgIpc) is 2.45. The molecule has 1 aromatic carbocycles. The van der Waals surface area contributed by atoms with Gasteiger partial charge in [-0.3, -0.25) is 0 Å². The summed E-state index contributed by atoms with van der Waals surface area (Å²) < 4.78 is 5.95. The van der Waals surface area contributed by atoms with E-state index in [1.807, 2.05) is 0 Å². The molecule has 1 unspecified atom stereocenters. The van der Waals surface area contributed by atoms with E-state index in [-0.39, 0.29) is 5.41 Å². The molecule has 0 spiro atoms. The van der Waals surface area contributed by atoms with Gasteiger partial charge in [0.1, 0.15) is 11.9 Å². The minimum Gasteiger partial charge on any atom is -0.490 e. The van der Waals surface area contributed by atoms with Gasteiger partial charge >= 0.3 is 0 Å². The van der Waals surface area contributed by atoms with Crippen LogP contribution < -0.4 is 4.74 Å². The van der Waals surface area contributed by atoms with Gasteiger partial charge in [0, 0.05) is 12.0 Å². The van der Waals surface area contributed by atoms with Gasteiger partial charge in [-0.05, 0) is 30.4 Å². The topological polar surface area (TPSA) is 9.23 Å². The zero-order chi connectivity index (χ0) is 11.2. The first-order chi connectivity index (χ1) is 6.89. The molecule has 0 aliphatic carbocycles. The van der Waals surface area contributed by atoms with Crippen LogP contribution in [-0.4, -0.2) is 6.10 Å². The van der Waals surface area contributed by atoms with E-state index in [4.69, 9.17) is 4.74 Å². The summed E-state index contributed by atoms with van der Waals surface area (Å²) in [5.74, 6) is 1.15. The predicted octanol–water partition coefficient (Wildman–Crippen LogP) is 3.62. The molecule has 1 atom stereocenters. The summed E-state index contributed by atoms with van der Waals surface area (Å²) in [5.41, 5.74) is 4.28. The maximum Gasteiger partial charge on any atom is 0.127 e.